The fourth-order valence-electron chi connectivity index (χ4n) is 1.13. The van der Waals surface area contributed by atoms with Gasteiger partial charge in [0.2, 0.25) is 0 Å². The van der Waals surface area contributed by atoms with E-state index in [9.17, 15) is 8.78 Å². The third-order valence-corrected chi connectivity index (χ3v) is 1.93. The minimum atomic E-state index is -2.65. The summed E-state index contributed by atoms with van der Waals surface area (Å²) in [6, 6.07) is 0. The van der Waals surface area contributed by atoms with Gasteiger partial charge in [-0.25, -0.2) is 8.78 Å². The van der Waals surface area contributed by atoms with Crippen LogP contribution in [0.5, 0.6) is 0 Å². The van der Waals surface area contributed by atoms with Crippen molar-refractivity contribution in [3.8, 4) is 0 Å². The zero-order chi connectivity index (χ0) is 7.78. The van der Waals surface area contributed by atoms with E-state index in [0.29, 0.717) is 13.1 Å². The average molecular weight is 150 g/mol. The molecule has 0 aromatic heterocycles. The number of hydrogen-bond acceptors (Lipinski definition) is 2. The van der Waals surface area contributed by atoms with Crippen LogP contribution in [-0.4, -0.2) is 37.5 Å². The number of alkyl halides is 2. The molecule has 0 spiro atoms. The summed E-state index contributed by atoms with van der Waals surface area (Å²) < 4.78 is 25.2. The molecule has 0 aromatic carbocycles. The summed E-state index contributed by atoms with van der Waals surface area (Å²) in [5.41, 5.74) is 4.89. The molecule has 0 aromatic rings. The van der Waals surface area contributed by atoms with Gasteiger partial charge in [0.25, 0.3) is 5.92 Å². The lowest BCUT2D eigenvalue weighted by molar-refractivity contribution is -0.103. The van der Waals surface area contributed by atoms with Gasteiger partial charge in [0, 0.05) is 19.0 Å². The maximum absolute atomic E-state index is 12.6. The minimum absolute atomic E-state index is 0.476. The van der Waals surface area contributed by atoms with Gasteiger partial charge in [-0.15, -0.1) is 0 Å². The molecule has 0 aliphatic carbocycles. The molecule has 1 heterocycles. The lowest BCUT2D eigenvalue weighted by atomic mass is 9.93. The van der Waals surface area contributed by atoms with Crippen LogP contribution in [0, 0.1) is 5.92 Å². The molecule has 4 heteroatoms. The number of nitrogens with two attached hydrogens (primary N) is 1. The quantitative estimate of drug-likeness (QED) is 0.606. The van der Waals surface area contributed by atoms with Gasteiger partial charge >= 0.3 is 0 Å². The second-order valence-electron chi connectivity index (χ2n) is 2.88. The van der Waals surface area contributed by atoms with E-state index in [1.165, 1.54) is 0 Å². The smallest absolute Gasteiger partial charge is 0.265 e. The van der Waals surface area contributed by atoms with Crippen molar-refractivity contribution in [2.45, 2.75) is 5.92 Å². The van der Waals surface area contributed by atoms with E-state index in [-0.39, 0.29) is 0 Å². The molecule has 0 radical (unpaired) electrons. The molecule has 2 nitrogen and oxygen atoms in total. The van der Waals surface area contributed by atoms with Crippen LogP contribution in [-0.2, 0) is 0 Å². The molecular weight excluding hydrogens is 138 g/mol. The molecule has 0 atom stereocenters. The Morgan fingerprint density at radius 2 is 2.10 bits per heavy atom. The van der Waals surface area contributed by atoms with Crippen LogP contribution in [0.4, 0.5) is 8.78 Å². The molecule has 2 N–H and O–H groups in total. The van der Waals surface area contributed by atoms with E-state index >= 15 is 0 Å². The fraction of sp³-hybridized carbons (Fsp3) is 1.00. The largest absolute Gasteiger partial charge is 0.325 e. The van der Waals surface area contributed by atoms with Gasteiger partial charge in [0.05, 0.1) is 6.54 Å². The number of nitrogens with zero attached hydrogens (tertiary/aromatic N) is 1. The molecule has 1 rings (SSSR count). The molecule has 0 amide bonds. The van der Waals surface area contributed by atoms with Crippen LogP contribution in [0.2, 0.25) is 0 Å². The Hall–Kier alpha value is -0.220. The van der Waals surface area contributed by atoms with E-state index in [1.54, 1.807) is 0 Å². The Kier molecular flexibility index (Phi) is 1.92. The topological polar surface area (TPSA) is 29.3 Å². The maximum Gasteiger partial charge on any atom is 0.265 e. The van der Waals surface area contributed by atoms with Gasteiger partial charge < -0.3 is 10.6 Å². The summed E-state index contributed by atoms with van der Waals surface area (Å²) >= 11 is 0. The van der Waals surface area contributed by atoms with Crippen molar-refractivity contribution < 1.29 is 8.78 Å². The molecule has 60 valence electrons. The highest BCUT2D eigenvalue weighted by molar-refractivity contribution is 4.88. The van der Waals surface area contributed by atoms with Crippen molar-refractivity contribution in [2.24, 2.45) is 11.7 Å². The molecule has 0 saturated carbocycles. The summed E-state index contributed by atoms with van der Waals surface area (Å²) in [4.78, 5) is 1.86. The van der Waals surface area contributed by atoms with E-state index in [4.69, 9.17) is 5.73 Å². The Labute approximate surface area is 59.0 Å². The van der Waals surface area contributed by atoms with Gasteiger partial charge in [-0.3, -0.25) is 0 Å². The monoisotopic (exact) mass is 150 g/mol. The van der Waals surface area contributed by atoms with Crippen LogP contribution < -0.4 is 5.73 Å². The highest BCUT2D eigenvalue weighted by Gasteiger charge is 2.43. The molecule has 1 aliphatic rings. The van der Waals surface area contributed by atoms with Crippen LogP contribution in [0.1, 0.15) is 0 Å². The number of rotatable bonds is 2. The van der Waals surface area contributed by atoms with E-state index < -0.39 is 18.4 Å². The van der Waals surface area contributed by atoms with E-state index in [0.717, 1.165) is 0 Å². The normalized spacial score (nSPS) is 22.8. The summed E-state index contributed by atoms with van der Waals surface area (Å²) in [6.45, 7) is 0.430. The van der Waals surface area contributed by atoms with Gasteiger partial charge in [0.1, 0.15) is 0 Å². The second-order valence-corrected chi connectivity index (χ2v) is 2.88. The molecule has 1 aliphatic heterocycles. The Morgan fingerprint density at radius 3 is 2.40 bits per heavy atom. The first-order valence-corrected chi connectivity index (χ1v) is 3.32. The van der Waals surface area contributed by atoms with Crippen molar-refractivity contribution in [2.75, 3.05) is 26.7 Å². The maximum atomic E-state index is 12.6. The van der Waals surface area contributed by atoms with Crippen molar-refractivity contribution in [1.82, 2.24) is 4.90 Å². The van der Waals surface area contributed by atoms with Crippen molar-refractivity contribution >= 4 is 0 Å². The lowest BCUT2D eigenvalue weighted by Crippen LogP contribution is -2.55. The van der Waals surface area contributed by atoms with Crippen molar-refractivity contribution in [3.05, 3.63) is 0 Å². The van der Waals surface area contributed by atoms with Crippen LogP contribution in [0.25, 0.3) is 0 Å². The molecular formula is C6H12F2N2. The van der Waals surface area contributed by atoms with Crippen molar-refractivity contribution in [1.29, 1.82) is 0 Å². The predicted molar refractivity (Wildman–Crippen MR) is 35.0 cm³/mol. The first kappa shape index (κ1) is 7.88. The second kappa shape index (κ2) is 2.43. The molecule has 1 saturated heterocycles. The highest BCUT2D eigenvalue weighted by Crippen LogP contribution is 2.30. The zero-order valence-electron chi connectivity index (χ0n) is 5.98. The first-order chi connectivity index (χ1) is 4.56. The third kappa shape index (κ3) is 1.27. The summed E-state index contributed by atoms with van der Waals surface area (Å²) in [6.07, 6.45) is 0. The number of likely N-dealkylation sites (tertiary alicyclic amines) is 1. The highest BCUT2D eigenvalue weighted by atomic mass is 19.3. The number of hydrogen-bond donors (Lipinski definition) is 1. The van der Waals surface area contributed by atoms with Gasteiger partial charge in [-0.2, -0.15) is 0 Å². The zero-order valence-corrected chi connectivity index (χ0v) is 5.98. The van der Waals surface area contributed by atoms with Crippen LogP contribution in [0.3, 0.4) is 0 Å². The summed E-state index contributed by atoms with van der Waals surface area (Å²) in [5.74, 6) is -3.16. The first-order valence-electron chi connectivity index (χ1n) is 3.32. The minimum Gasteiger partial charge on any atom is -0.325 e. The molecule has 0 bridgehead atoms. The number of halogens is 2. The van der Waals surface area contributed by atoms with Crippen LogP contribution >= 0.6 is 0 Å². The third-order valence-electron chi connectivity index (χ3n) is 1.93. The average Bonchev–Trinajstić information content (AvgIpc) is 1.81. The summed E-state index contributed by atoms with van der Waals surface area (Å²) in [7, 11) is 1.82. The van der Waals surface area contributed by atoms with Gasteiger partial charge in [-0.1, -0.05) is 0 Å². The van der Waals surface area contributed by atoms with Crippen LogP contribution in [0.15, 0.2) is 0 Å². The Bertz CT molecular complexity index is 121. The lowest BCUT2D eigenvalue weighted by Gasteiger charge is -2.40. The SMILES string of the molecule is CN1CC(C(F)(F)CN)C1. The predicted octanol–water partition coefficient (Wildman–Crippen LogP) is 0.142. The van der Waals surface area contributed by atoms with E-state index in [2.05, 4.69) is 0 Å². The molecule has 0 unspecified atom stereocenters. The fourth-order valence-corrected chi connectivity index (χ4v) is 1.13. The van der Waals surface area contributed by atoms with E-state index in [1.807, 2.05) is 11.9 Å². The molecule has 10 heavy (non-hydrogen) atoms. The molecule has 1 fully saturated rings. The Morgan fingerprint density at radius 1 is 1.60 bits per heavy atom. The standard InChI is InChI=1S/C6H12F2N2/c1-10-2-5(3-10)6(7,8)4-9/h5H,2-4,9H2,1H3. The van der Waals surface area contributed by atoms with Crippen molar-refractivity contribution in [3.63, 3.8) is 0 Å². The van der Waals surface area contributed by atoms with Gasteiger partial charge in [0.15, 0.2) is 0 Å². The summed E-state index contributed by atoms with van der Waals surface area (Å²) in [5, 5.41) is 0. The Balaban J connectivity index is 2.36. The van der Waals surface area contributed by atoms with Gasteiger partial charge in [-0.05, 0) is 7.05 Å².